The van der Waals surface area contributed by atoms with Crippen LogP contribution < -0.4 is 10.6 Å². The SMILES string of the molecule is OCCN1CNCNC1(CCO)CCO. The first-order chi connectivity index (χ1) is 7.29. The third-order valence-electron chi connectivity index (χ3n) is 2.87. The van der Waals surface area contributed by atoms with Crippen molar-refractivity contribution in [2.45, 2.75) is 18.5 Å². The minimum Gasteiger partial charge on any atom is -0.396 e. The smallest absolute Gasteiger partial charge is 0.0777 e. The van der Waals surface area contributed by atoms with Gasteiger partial charge in [-0.1, -0.05) is 0 Å². The van der Waals surface area contributed by atoms with Crippen molar-refractivity contribution >= 4 is 0 Å². The topological polar surface area (TPSA) is 88.0 Å². The molecule has 0 unspecified atom stereocenters. The summed E-state index contributed by atoms with van der Waals surface area (Å²) in [6, 6.07) is 0. The lowest BCUT2D eigenvalue weighted by Crippen LogP contribution is -2.68. The number of hydrogen-bond donors (Lipinski definition) is 5. The van der Waals surface area contributed by atoms with E-state index in [1.54, 1.807) is 0 Å². The summed E-state index contributed by atoms with van der Waals surface area (Å²) in [5.41, 5.74) is -0.391. The molecule has 1 saturated heterocycles. The number of nitrogens with zero attached hydrogens (tertiary/aromatic N) is 1. The van der Waals surface area contributed by atoms with Gasteiger partial charge in [0.15, 0.2) is 0 Å². The summed E-state index contributed by atoms with van der Waals surface area (Å²) in [6.45, 7) is 2.04. The van der Waals surface area contributed by atoms with Crippen molar-refractivity contribution in [2.75, 3.05) is 39.7 Å². The highest BCUT2D eigenvalue weighted by Crippen LogP contribution is 2.21. The molecule has 0 saturated carbocycles. The molecule has 0 aromatic heterocycles. The maximum Gasteiger partial charge on any atom is 0.0777 e. The summed E-state index contributed by atoms with van der Waals surface area (Å²) in [5, 5.41) is 33.5. The molecular weight excluding hydrogens is 198 g/mol. The first-order valence-electron chi connectivity index (χ1n) is 5.32. The molecule has 0 bridgehead atoms. The number of rotatable bonds is 6. The van der Waals surface area contributed by atoms with Crippen LogP contribution in [0.1, 0.15) is 12.8 Å². The number of β-amino-alcohol motifs (C(OH)–C–C–N with tert-alkyl or cyclic N) is 1. The van der Waals surface area contributed by atoms with E-state index in [4.69, 9.17) is 15.3 Å². The predicted octanol–water partition coefficient (Wildman–Crippen LogP) is -2.15. The molecule has 1 aliphatic heterocycles. The summed E-state index contributed by atoms with van der Waals surface area (Å²) in [5.74, 6) is 0. The maximum absolute atomic E-state index is 9.07. The van der Waals surface area contributed by atoms with E-state index in [1.165, 1.54) is 0 Å². The molecule has 0 atom stereocenters. The van der Waals surface area contributed by atoms with Crippen molar-refractivity contribution in [3.05, 3.63) is 0 Å². The van der Waals surface area contributed by atoms with Crippen molar-refractivity contribution in [1.82, 2.24) is 15.5 Å². The molecule has 0 aromatic rings. The van der Waals surface area contributed by atoms with Gasteiger partial charge in [-0.2, -0.15) is 0 Å². The zero-order valence-electron chi connectivity index (χ0n) is 8.95. The Hall–Kier alpha value is -0.240. The molecule has 0 amide bonds. The van der Waals surface area contributed by atoms with Crippen molar-refractivity contribution in [3.8, 4) is 0 Å². The second-order valence-electron chi connectivity index (χ2n) is 3.73. The summed E-state index contributed by atoms with van der Waals surface area (Å²) in [4.78, 5) is 2.02. The minimum atomic E-state index is -0.391. The van der Waals surface area contributed by atoms with Crippen molar-refractivity contribution < 1.29 is 15.3 Å². The predicted molar refractivity (Wildman–Crippen MR) is 55.9 cm³/mol. The van der Waals surface area contributed by atoms with Gasteiger partial charge in [0.05, 0.1) is 18.9 Å². The summed E-state index contributed by atoms with van der Waals surface area (Å²) in [7, 11) is 0. The van der Waals surface area contributed by atoms with Crippen molar-refractivity contribution in [1.29, 1.82) is 0 Å². The first kappa shape index (κ1) is 12.8. The summed E-state index contributed by atoms with van der Waals surface area (Å²) >= 11 is 0. The molecule has 1 fully saturated rings. The molecule has 15 heavy (non-hydrogen) atoms. The third-order valence-corrected chi connectivity index (χ3v) is 2.87. The van der Waals surface area contributed by atoms with Crippen LogP contribution in [0.25, 0.3) is 0 Å². The van der Waals surface area contributed by atoms with E-state index in [0.717, 1.165) is 0 Å². The molecular formula is C9H21N3O3. The molecule has 1 heterocycles. The van der Waals surface area contributed by atoms with Gasteiger partial charge in [0.25, 0.3) is 0 Å². The van der Waals surface area contributed by atoms with Crippen LogP contribution >= 0.6 is 0 Å². The highest BCUT2D eigenvalue weighted by Gasteiger charge is 2.36. The van der Waals surface area contributed by atoms with Gasteiger partial charge in [0.2, 0.25) is 0 Å². The van der Waals surface area contributed by atoms with Crippen LogP contribution in [0.2, 0.25) is 0 Å². The number of hydrogen-bond acceptors (Lipinski definition) is 6. The van der Waals surface area contributed by atoms with Crippen LogP contribution in [0, 0.1) is 0 Å². The molecule has 0 radical (unpaired) electrons. The van der Waals surface area contributed by atoms with E-state index in [2.05, 4.69) is 10.6 Å². The molecule has 90 valence electrons. The molecule has 0 aliphatic carbocycles. The summed E-state index contributed by atoms with van der Waals surface area (Å²) in [6.07, 6.45) is 1.10. The van der Waals surface area contributed by atoms with Gasteiger partial charge < -0.3 is 15.3 Å². The monoisotopic (exact) mass is 219 g/mol. The third kappa shape index (κ3) is 3.10. The van der Waals surface area contributed by atoms with Crippen molar-refractivity contribution in [2.24, 2.45) is 0 Å². The summed E-state index contributed by atoms with van der Waals surface area (Å²) < 4.78 is 0. The molecule has 1 aliphatic rings. The first-order valence-corrected chi connectivity index (χ1v) is 5.32. The van der Waals surface area contributed by atoms with Crippen LogP contribution in [0.15, 0.2) is 0 Å². The van der Waals surface area contributed by atoms with Crippen LogP contribution in [0.3, 0.4) is 0 Å². The second kappa shape index (κ2) is 6.37. The molecule has 1 rings (SSSR count). The fraction of sp³-hybridized carbons (Fsp3) is 1.00. The van der Waals surface area contributed by atoms with Gasteiger partial charge in [-0.3, -0.25) is 15.5 Å². The van der Waals surface area contributed by atoms with E-state index in [0.29, 0.717) is 32.7 Å². The van der Waals surface area contributed by atoms with Gasteiger partial charge >= 0.3 is 0 Å². The van der Waals surface area contributed by atoms with Crippen LogP contribution in [0.4, 0.5) is 0 Å². The molecule has 6 heteroatoms. The largest absolute Gasteiger partial charge is 0.396 e. The average Bonchev–Trinajstić information content (AvgIpc) is 2.23. The Morgan fingerprint density at radius 3 is 2.27 bits per heavy atom. The molecule has 0 spiro atoms. The van der Waals surface area contributed by atoms with Gasteiger partial charge in [-0.15, -0.1) is 0 Å². The standard InChI is InChI=1S/C9H21N3O3/c13-4-1-9(2-5-14)11-7-10-8-12(9)3-6-15/h10-11,13-15H,1-8H2. The van der Waals surface area contributed by atoms with E-state index in [-0.39, 0.29) is 19.8 Å². The average molecular weight is 219 g/mol. The Kier molecular flexibility index (Phi) is 5.44. The quantitative estimate of drug-likeness (QED) is 0.350. The van der Waals surface area contributed by atoms with Crippen LogP contribution in [-0.4, -0.2) is 65.6 Å². The number of aliphatic hydroxyl groups is 3. The minimum absolute atomic E-state index is 0.0644. The Balaban J connectivity index is 2.68. The number of nitrogens with one attached hydrogen (secondary N) is 2. The van der Waals surface area contributed by atoms with Crippen molar-refractivity contribution in [3.63, 3.8) is 0 Å². The normalized spacial score (nSPS) is 21.8. The van der Waals surface area contributed by atoms with E-state index < -0.39 is 5.66 Å². The van der Waals surface area contributed by atoms with Crippen LogP contribution in [0.5, 0.6) is 0 Å². The number of aliphatic hydroxyl groups excluding tert-OH is 3. The zero-order valence-corrected chi connectivity index (χ0v) is 8.95. The lowest BCUT2D eigenvalue weighted by molar-refractivity contribution is -0.0299. The Labute approximate surface area is 89.9 Å². The Morgan fingerprint density at radius 1 is 1.07 bits per heavy atom. The fourth-order valence-corrected chi connectivity index (χ4v) is 2.08. The van der Waals surface area contributed by atoms with Gasteiger partial charge in [-0.25, -0.2) is 0 Å². The highest BCUT2D eigenvalue weighted by molar-refractivity contribution is 4.90. The van der Waals surface area contributed by atoms with Gasteiger partial charge in [-0.05, 0) is 0 Å². The Morgan fingerprint density at radius 2 is 1.73 bits per heavy atom. The molecule has 6 nitrogen and oxygen atoms in total. The molecule has 0 aromatic carbocycles. The lowest BCUT2D eigenvalue weighted by Gasteiger charge is -2.47. The van der Waals surface area contributed by atoms with Gasteiger partial charge in [0, 0.05) is 39.3 Å². The van der Waals surface area contributed by atoms with E-state index in [9.17, 15) is 0 Å². The molecule has 5 N–H and O–H groups in total. The Bertz CT molecular complexity index is 166. The lowest BCUT2D eigenvalue weighted by atomic mass is 9.99. The van der Waals surface area contributed by atoms with Gasteiger partial charge in [0.1, 0.15) is 0 Å². The highest BCUT2D eigenvalue weighted by atomic mass is 16.3. The zero-order chi connectivity index (χ0) is 11.1. The van der Waals surface area contributed by atoms with E-state index >= 15 is 0 Å². The second-order valence-corrected chi connectivity index (χ2v) is 3.73. The van der Waals surface area contributed by atoms with E-state index in [1.807, 2.05) is 4.90 Å². The maximum atomic E-state index is 9.07. The van der Waals surface area contributed by atoms with Crippen LogP contribution in [-0.2, 0) is 0 Å². The fourth-order valence-electron chi connectivity index (χ4n) is 2.08.